The molecule has 1 heterocycles. The lowest BCUT2D eigenvalue weighted by Gasteiger charge is -2.43. The van der Waals surface area contributed by atoms with Crippen molar-refractivity contribution in [3.8, 4) is 5.88 Å². The molecule has 3 atom stereocenters. The second kappa shape index (κ2) is 6.44. The molecule has 0 aliphatic heterocycles. The van der Waals surface area contributed by atoms with Gasteiger partial charge in [-0.25, -0.2) is 0 Å². The summed E-state index contributed by atoms with van der Waals surface area (Å²) in [7, 11) is 3.61. The fraction of sp³-hybridized carbons (Fsp3) is 0.350. The van der Waals surface area contributed by atoms with E-state index in [9.17, 15) is 14.7 Å². The van der Waals surface area contributed by atoms with Gasteiger partial charge >= 0.3 is 0 Å². The Hall–Kier alpha value is -2.77. The van der Waals surface area contributed by atoms with Gasteiger partial charge in [0.05, 0.1) is 6.04 Å². The van der Waals surface area contributed by atoms with E-state index in [0.29, 0.717) is 12.2 Å². The van der Waals surface area contributed by atoms with E-state index in [4.69, 9.17) is 9.26 Å². The largest absolute Gasteiger partial charge is 0.470 e. The zero-order valence-corrected chi connectivity index (χ0v) is 15.1. The molecule has 140 valence electrons. The molecule has 7 heteroatoms. The normalized spacial score (nSPS) is 26.8. The van der Waals surface area contributed by atoms with Gasteiger partial charge in [-0.3, -0.25) is 14.5 Å². The van der Waals surface area contributed by atoms with Crippen molar-refractivity contribution in [1.29, 1.82) is 0 Å². The quantitative estimate of drug-likeness (QED) is 0.824. The van der Waals surface area contributed by atoms with Crippen molar-refractivity contribution in [2.75, 3.05) is 14.1 Å². The number of Topliss-reactive ketones (excluding diaryl/α,β-unsaturated/α-hetero) is 1. The molecule has 27 heavy (non-hydrogen) atoms. The standard InChI is InChI=1S/C20H20N2O5/c1-22(2)16-13-9-6-10-14(23)20(13,25)18(24)15-17(16)27-21-19(15)26-11-12-7-4-3-5-8-12/h3-8,10,13,16,25H,9,11H2,1-2H3/t13-,16+,20-/m0/s1. The lowest BCUT2D eigenvalue weighted by Crippen LogP contribution is -2.59. The molecular formula is C20H20N2O5. The number of ether oxygens (including phenoxy) is 1. The highest BCUT2D eigenvalue weighted by Crippen LogP contribution is 2.49. The highest BCUT2D eigenvalue weighted by molar-refractivity contribution is 6.23. The van der Waals surface area contributed by atoms with E-state index in [0.717, 1.165) is 5.56 Å². The molecule has 1 N–H and O–H groups in total. The molecule has 4 rings (SSSR count). The van der Waals surface area contributed by atoms with Crippen LogP contribution in [0, 0.1) is 5.92 Å². The zero-order valence-electron chi connectivity index (χ0n) is 15.1. The number of carbonyl (C=O) groups is 2. The Balaban J connectivity index is 1.75. The molecule has 2 aliphatic carbocycles. The van der Waals surface area contributed by atoms with Gasteiger partial charge in [-0.15, -0.1) is 0 Å². The minimum atomic E-state index is -2.13. The summed E-state index contributed by atoms with van der Waals surface area (Å²) in [5.41, 5.74) is -1.19. The Morgan fingerprint density at radius 3 is 2.74 bits per heavy atom. The van der Waals surface area contributed by atoms with Crippen molar-refractivity contribution >= 4 is 11.6 Å². The summed E-state index contributed by atoms with van der Waals surface area (Å²) in [4.78, 5) is 27.4. The Kier molecular flexibility index (Phi) is 4.20. The maximum Gasteiger partial charge on any atom is 0.265 e. The first-order chi connectivity index (χ1) is 12.9. The topological polar surface area (TPSA) is 92.9 Å². The molecule has 0 bridgehead atoms. The maximum absolute atomic E-state index is 13.1. The van der Waals surface area contributed by atoms with E-state index in [-0.39, 0.29) is 18.1 Å². The number of rotatable bonds is 4. The lowest BCUT2D eigenvalue weighted by atomic mass is 9.65. The van der Waals surface area contributed by atoms with Gasteiger partial charge in [-0.05, 0) is 37.3 Å². The van der Waals surface area contributed by atoms with Crippen molar-refractivity contribution in [3.05, 3.63) is 59.4 Å². The third-order valence-corrected chi connectivity index (χ3v) is 5.26. The molecule has 0 saturated carbocycles. The van der Waals surface area contributed by atoms with Gasteiger partial charge in [0.2, 0.25) is 5.78 Å². The summed E-state index contributed by atoms with van der Waals surface area (Å²) < 4.78 is 11.2. The number of aromatic nitrogens is 1. The minimum Gasteiger partial charge on any atom is -0.470 e. The molecule has 1 aromatic heterocycles. The smallest absolute Gasteiger partial charge is 0.265 e. The second-order valence-corrected chi connectivity index (χ2v) is 7.11. The number of carbonyl (C=O) groups excluding carboxylic acids is 2. The molecule has 0 unspecified atom stereocenters. The van der Waals surface area contributed by atoms with Crippen LogP contribution in [0.2, 0.25) is 0 Å². The third-order valence-electron chi connectivity index (χ3n) is 5.26. The van der Waals surface area contributed by atoms with E-state index in [1.807, 2.05) is 35.2 Å². The van der Waals surface area contributed by atoms with Crippen molar-refractivity contribution in [3.63, 3.8) is 0 Å². The predicted molar refractivity (Wildman–Crippen MR) is 95.2 cm³/mol. The first-order valence-corrected chi connectivity index (χ1v) is 8.75. The summed E-state index contributed by atoms with van der Waals surface area (Å²) in [6, 6.07) is 8.95. The molecule has 0 radical (unpaired) electrons. The number of fused-ring (bicyclic) bond motifs is 2. The predicted octanol–water partition coefficient (Wildman–Crippen LogP) is 1.93. The van der Waals surface area contributed by atoms with Crippen LogP contribution in [-0.4, -0.2) is 46.4 Å². The molecule has 1 aromatic carbocycles. The number of ketones is 2. The Bertz CT molecular complexity index is 918. The maximum atomic E-state index is 13.1. The van der Waals surface area contributed by atoms with Crippen molar-refractivity contribution < 1.29 is 24.0 Å². The molecular weight excluding hydrogens is 348 g/mol. The van der Waals surface area contributed by atoms with Crippen molar-refractivity contribution in [1.82, 2.24) is 10.1 Å². The van der Waals surface area contributed by atoms with Crippen LogP contribution in [0.15, 0.2) is 47.0 Å². The molecule has 0 fully saturated rings. The van der Waals surface area contributed by atoms with Crippen LogP contribution in [0.5, 0.6) is 5.88 Å². The van der Waals surface area contributed by atoms with Crippen LogP contribution in [0.25, 0.3) is 0 Å². The van der Waals surface area contributed by atoms with Crippen molar-refractivity contribution in [2.45, 2.75) is 24.7 Å². The fourth-order valence-corrected chi connectivity index (χ4v) is 3.93. The Morgan fingerprint density at radius 1 is 1.30 bits per heavy atom. The van der Waals surface area contributed by atoms with E-state index < -0.39 is 29.1 Å². The highest BCUT2D eigenvalue weighted by Gasteiger charge is 2.60. The molecule has 7 nitrogen and oxygen atoms in total. The summed E-state index contributed by atoms with van der Waals surface area (Å²) in [5.74, 6) is -1.64. The molecule has 0 spiro atoms. The number of hydrogen-bond donors (Lipinski definition) is 1. The molecule has 0 saturated heterocycles. The van der Waals surface area contributed by atoms with Crippen LogP contribution in [-0.2, 0) is 11.4 Å². The van der Waals surface area contributed by atoms with Crippen LogP contribution in [0.3, 0.4) is 0 Å². The van der Waals surface area contributed by atoms with E-state index in [1.165, 1.54) is 6.08 Å². The fourth-order valence-electron chi connectivity index (χ4n) is 3.93. The van der Waals surface area contributed by atoms with Crippen LogP contribution in [0.1, 0.15) is 34.1 Å². The van der Waals surface area contributed by atoms with Gasteiger partial charge < -0.3 is 14.4 Å². The highest BCUT2D eigenvalue weighted by atomic mass is 16.5. The van der Waals surface area contributed by atoms with Gasteiger partial charge in [-0.1, -0.05) is 36.4 Å². The van der Waals surface area contributed by atoms with E-state index in [1.54, 1.807) is 20.2 Å². The van der Waals surface area contributed by atoms with Gasteiger partial charge in [-0.2, -0.15) is 0 Å². The monoisotopic (exact) mass is 368 g/mol. The summed E-state index contributed by atoms with van der Waals surface area (Å²) in [6.07, 6.45) is 3.33. The zero-order chi connectivity index (χ0) is 19.2. The average Bonchev–Trinajstić information content (AvgIpc) is 3.07. The SMILES string of the molecule is CN(C)[C@H]1c2onc(OCc3ccccc3)c2C(=O)[C@@]2(O)C(=O)C=CC[C@@H]12. The number of aliphatic hydroxyl groups is 1. The summed E-state index contributed by atoms with van der Waals surface area (Å²) in [6.45, 7) is 0.190. The minimum absolute atomic E-state index is 0.0000638. The Labute approximate surface area is 156 Å². The first kappa shape index (κ1) is 17.6. The lowest BCUT2D eigenvalue weighted by molar-refractivity contribution is -0.137. The number of benzene rings is 1. The van der Waals surface area contributed by atoms with Crippen molar-refractivity contribution in [2.24, 2.45) is 5.92 Å². The first-order valence-electron chi connectivity index (χ1n) is 8.75. The van der Waals surface area contributed by atoms with E-state index in [2.05, 4.69) is 5.16 Å². The Morgan fingerprint density at radius 2 is 2.04 bits per heavy atom. The van der Waals surface area contributed by atoms with Gasteiger partial charge in [0.1, 0.15) is 12.2 Å². The summed E-state index contributed by atoms with van der Waals surface area (Å²) >= 11 is 0. The molecule has 2 aliphatic rings. The average molecular weight is 368 g/mol. The van der Waals surface area contributed by atoms with Crippen LogP contribution < -0.4 is 4.74 Å². The van der Waals surface area contributed by atoms with Crippen LogP contribution in [0.4, 0.5) is 0 Å². The molecule has 2 aromatic rings. The number of allylic oxidation sites excluding steroid dienone is 1. The summed E-state index contributed by atoms with van der Waals surface area (Å²) in [5, 5.41) is 15.0. The molecule has 0 amide bonds. The van der Waals surface area contributed by atoms with Gasteiger partial charge in [0.15, 0.2) is 17.1 Å². The van der Waals surface area contributed by atoms with Gasteiger partial charge in [0.25, 0.3) is 5.88 Å². The second-order valence-electron chi connectivity index (χ2n) is 7.11. The van der Waals surface area contributed by atoms with E-state index >= 15 is 0 Å². The number of nitrogens with zero attached hydrogens (tertiary/aromatic N) is 2. The van der Waals surface area contributed by atoms with Gasteiger partial charge in [0, 0.05) is 5.92 Å². The van der Waals surface area contributed by atoms with Crippen LogP contribution >= 0.6 is 0 Å². The number of hydrogen-bond acceptors (Lipinski definition) is 7. The third kappa shape index (κ3) is 2.62.